The minimum Gasteiger partial charge on any atom is -0.465 e. The molecule has 0 aromatic carbocycles. The normalized spacial score (nSPS) is 9.56. The number of aromatic amines is 1. The fourth-order valence-corrected chi connectivity index (χ4v) is 1.47. The summed E-state index contributed by atoms with van der Waals surface area (Å²) in [5.41, 5.74) is 8.62. The van der Waals surface area contributed by atoms with E-state index in [-0.39, 0.29) is 11.2 Å². The lowest BCUT2D eigenvalue weighted by molar-refractivity contribution is 0.209. The van der Waals surface area contributed by atoms with Crippen molar-refractivity contribution < 1.29 is 9.90 Å². The average molecular weight is 251 g/mol. The SMILES string of the molecule is [N-]=[N+]=NCCCCc1cc(NC(=O)O)cc(=O)[nH]1. The highest BCUT2D eigenvalue weighted by atomic mass is 16.4. The molecule has 0 atom stereocenters. The number of nitrogens with one attached hydrogen (secondary N) is 2. The minimum absolute atomic E-state index is 0.247. The molecular formula is C10H13N5O3. The first-order chi connectivity index (χ1) is 8.61. The van der Waals surface area contributed by atoms with Gasteiger partial charge >= 0.3 is 6.09 Å². The van der Waals surface area contributed by atoms with Crippen molar-refractivity contribution in [2.75, 3.05) is 11.9 Å². The Hall–Kier alpha value is -2.47. The van der Waals surface area contributed by atoms with Crippen LogP contribution in [-0.2, 0) is 6.42 Å². The molecule has 0 fully saturated rings. The molecule has 1 heterocycles. The van der Waals surface area contributed by atoms with Gasteiger partial charge in [0.05, 0.1) is 5.69 Å². The molecule has 0 saturated carbocycles. The number of carbonyl (C=O) groups is 1. The van der Waals surface area contributed by atoms with Crippen molar-refractivity contribution in [2.24, 2.45) is 5.11 Å². The van der Waals surface area contributed by atoms with Gasteiger partial charge in [0.1, 0.15) is 0 Å². The highest BCUT2D eigenvalue weighted by molar-refractivity contribution is 5.82. The van der Waals surface area contributed by atoms with E-state index in [1.54, 1.807) is 6.07 Å². The number of azide groups is 1. The highest BCUT2D eigenvalue weighted by Gasteiger charge is 2.02. The summed E-state index contributed by atoms with van der Waals surface area (Å²) in [6.45, 7) is 0.411. The molecule has 0 spiro atoms. The van der Waals surface area contributed by atoms with E-state index in [1.807, 2.05) is 0 Å². The molecule has 0 unspecified atom stereocenters. The lowest BCUT2D eigenvalue weighted by Gasteiger charge is -2.04. The molecule has 18 heavy (non-hydrogen) atoms. The Kier molecular flexibility index (Phi) is 5.27. The first-order valence-electron chi connectivity index (χ1n) is 5.36. The van der Waals surface area contributed by atoms with E-state index in [4.69, 9.17) is 10.6 Å². The number of amides is 1. The summed E-state index contributed by atoms with van der Waals surface area (Å²) in [5.74, 6) is 0. The molecule has 0 saturated heterocycles. The van der Waals surface area contributed by atoms with Crippen molar-refractivity contribution in [3.05, 3.63) is 38.6 Å². The maximum atomic E-state index is 11.3. The van der Waals surface area contributed by atoms with E-state index in [9.17, 15) is 9.59 Å². The van der Waals surface area contributed by atoms with E-state index in [0.717, 1.165) is 6.42 Å². The van der Waals surface area contributed by atoms with Crippen LogP contribution >= 0.6 is 0 Å². The molecule has 0 aliphatic carbocycles. The number of hydrogen-bond acceptors (Lipinski definition) is 3. The Morgan fingerprint density at radius 1 is 1.50 bits per heavy atom. The van der Waals surface area contributed by atoms with Crippen LogP contribution in [0, 0.1) is 0 Å². The first kappa shape index (κ1) is 13.6. The highest BCUT2D eigenvalue weighted by Crippen LogP contribution is 2.08. The van der Waals surface area contributed by atoms with Gasteiger partial charge in [0.25, 0.3) is 0 Å². The number of rotatable bonds is 6. The summed E-state index contributed by atoms with van der Waals surface area (Å²) in [7, 11) is 0. The Morgan fingerprint density at radius 3 is 2.94 bits per heavy atom. The molecule has 3 N–H and O–H groups in total. The summed E-state index contributed by atoms with van der Waals surface area (Å²) in [5, 5.41) is 14.1. The smallest absolute Gasteiger partial charge is 0.409 e. The Morgan fingerprint density at radius 2 is 2.28 bits per heavy atom. The number of hydrogen-bond donors (Lipinski definition) is 3. The summed E-state index contributed by atoms with van der Waals surface area (Å²) in [6.07, 6.45) is 0.828. The van der Waals surface area contributed by atoms with Crippen LogP contribution in [0.4, 0.5) is 10.5 Å². The number of nitrogens with zero attached hydrogens (tertiary/aromatic N) is 3. The van der Waals surface area contributed by atoms with E-state index in [1.165, 1.54) is 6.07 Å². The van der Waals surface area contributed by atoms with Crippen LogP contribution in [0.3, 0.4) is 0 Å². The molecule has 1 aromatic rings. The number of carboxylic acid groups (broad SMARTS) is 1. The van der Waals surface area contributed by atoms with Gasteiger partial charge in [-0.1, -0.05) is 5.11 Å². The van der Waals surface area contributed by atoms with Crippen LogP contribution in [0.15, 0.2) is 22.0 Å². The zero-order valence-corrected chi connectivity index (χ0v) is 9.59. The molecule has 1 aromatic heterocycles. The summed E-state index contributed by atoms with van der Waals surface area (Å²) >= 11 is 0. The van der Waals surface area contributed by atoms with Gasteiger partial charge in [-0.15, -0.1) is 0 Å². The molecule has 96 valence electrons. The van der Waals surface area contributed by atoms with Gasteiger partial charge in [-0.2, -0.15) is 0 Å². The average Bonchev–Trinajstić information content (AvgIpc) is 2.27. The molecule has 0 bridgehead atoms. The molecular weight excluding hydrogens is 238 g/mol. The van der Waals surface area contributed by atoms with E-state index in [2.05, 4.69) is 20.3 Å². The zero-order chi connectivity index (χ0) is 13.4. The van der Waals surface area contributed by atoms with Crippen LogP contribution in [-0.4, -0.2) is 22.7 Å². The molecule has 8 nitrogen and oxygen atoms in total. The van der Waals surface area contributed by atoms with Crippen LogP contribution in [0.5, 0.6) is 0 Å². The van der Waals surface area contributed by atoms with Gasteiger partial charge in [0.2, 0.25) is 5.56 Å². The van der Waals surface area contributed by atoms with Gasteiger partial charge in [-0.25, -0.2) is 4.79 Å². The predicted molar refractivity (Wildman–Crippen MR) is 65.7 cm³/mol. The number of pyridine rings is 1. The third kappa shape index (κ3) is 5.04. The second kappa shape index (κ2) is 6.97. The van der Waals surface area contributed by atoms with Crippen molar-refractivity contribution in [1.29, 1.82) is 0 Å². The Labute approximate surface area is 102 Å². The Balaban J connectivity index is 2.59. The quantitative estimate of drug-likeness (QED) is 0.309. The largest absolute Gasteiger partial charge is 0.465 e. The van der Waals surface area contributed by atoms with Gasteiger partial charge in [0.15, 0.2) is 0 Å². The maximum Gasteiger partial charge on any atom is 0.409 e. The van der Waals surface area contributed by atoms with Gasteiger partial charge < -0.3 is 10.1 Å². The number of aryl methyl sites for hydroxylation is 1. The van der Waals surface area contributed by atoms with Crippen LogP contribution in [0.25, 0.3) is 10.4 Å². The van der Waals surface area contributed by atoms with Crippen LogP contribution < -0.4 is 10.9 Å². The predicted octanol–water partition coefficient (Wildman–Crippen LogP) is 2.10. The van der Waals surface area contributed by atoms with Gasteiger partial charge in [0, 0.05) is 23.2 Å². The van der Waals surface area contributed by atoms with Crippen molar-refractivity contribution in [2.45, 2.75) is 19.3 Å². The Bertz CT molecular complexity index is 518. The summed E-state index contributed by atoms with van der Waals surface area (Å²) in [4.78, 5) is 27.0. The zero-order valence-electron chi connectivity index (χ0n) is 9.59. The van der Waals surface area contributed by atoms with E-state index in [0.29, 0.717) is 25.1 Å². The van der Waals surface area contributed by atoms with Crippen molar-refractivity contribution >= 4 is 11.8 Å². The van der Waals surface area contributed by atoms with Gasteiger partial charge in [-0.3, -0.25) is 10.1 Å². The molecule has 0 radical (unpaired) electrons. The summed E-state index contributed by atoms with van der Waals surface area (Å²) < 4.78 is 0. The van der Waals surface area contributed by atoms with Crippen molar-refractivity contribution in [3.8, 4) is 0 Å². The minimum atomic E-state index is -1.21. The van der Waals surface area contributed by atoms with Crippen LogP contribution in [0.2, 0.25) is 0 Å². The third-order valence-electron chi connectivity index (χ3n) is 2.17. The summed E-state index contributed by atoms with van der Waals surface area (Å²) in [6, 6.07) is 2.75. The maximum absolute atomic E-state index is 11.3. The van der Waals surface area contributed by atoms with E-state index < -0.39 is 6.09 Å². The number of aromatic nitrogens is 1. The monoisotopic (exact) mass is 251 g/mol. The van der Waals surface area contributed by atoms with Gasteiger partial charge in [-0.05, 0) is 30.9 Å². The topological polar surface area (TPSA) is 131 Å². The molecule has 1 amide bonds. The second-order valence-electron chi connectivity index (χ2n) is 3.60. The molecule has 0 aliphatic rings. The number of unbranched alkanes of at least 4 members (excludes halogenated alkanes) is 1. The molecule has 0 aliphatic heterocycles. The fourth-order valence-electron chi connectivity index (χ4n) is 1.47. The van der Waals surface area contributed by atoms with E-state index >= 15 is 0 Å². The van der Waals surface area contributed by atoms with Crippen molar-refractivity contribution in [1.82, 2.24) is 4.98 Å². The second-order valence-corrected chi connectivity index (χ2v) is 3.60. The fraction of sp³-hybridized carbons (Fsp3) is 0.400. The molecule has 8 heteroatoms. The lowest BCUT2D eigenvalue weighted by atomic mass is 10.1. The lowest BCUT2D eigenvalue weighted by Crippen LogP contribution is -2.13. The third-order valence-corrected chi connectivity index (χ3v) is 2.17. The number of H-pyrrole nitrogens is 1. The number of anilines is 1. The molecule has 1 rings (SSSR count). The first-order valence-corrected chi connectivity index (χ1v) is 5.36. The standard InChI is InChI=1S/C10H13N5O3/c11-15-12-4-2-1-3-7-5-8(14-10(17)18)6-9(16)13-7/h5-6H,1-4H2,(H,17,18)(H2,13,14,16). The van der Waals surface area contributed by atoms with Crippen LogP contribution in [0.1, 0.15) is 18.5 Å². The van der Waals surface area contributed by atoms with Crippen molar-refractivity contribution in [3.63, 3.8) is 0 Å².